The molecule has 6 nitrogen and oxygen atoms in total. The van der Waals surface area contributed by atoms with Crippen LogP contribution in [0.2, 0.25) is 0 Å². The van der Waals surface area contributed by atoms with Crippen molar-refractivity contribution in [3.63, 3.8) is 0 Å². The molecule has 0 aliphatic carbocycles. The number of benzene rings is 1. The van der Waals surface area contributed by atoms with Crippen LogP contribution in [0.4, 0.5) is 5.69 Å². The predicted octanol–water partition coefficient (Wildman–Crippen LogP) is 2.29. The van der Waals surface area contributed by atoms with E-state index in [4.69, 9.17) is 5.11 Å². The van der Waals surface area contributed by atoms with Gasteiger partial charge in [0, 0.05) is 11.6 Å². The summed E-state index contributed by atoms with van der Waals surface area (Å²) in [7, 11) is 0. The summed E-state index contributed by atoms with van der Waals surface area (Å²) >= 11 is 0. The molecular formula is C12H11NO5. The molecule has 94 valence electrons. The van der Waals surface area contributed by atoms with Crippen LogP contribution < -0.4 is 0 Å². The van der Waals surface area contributed by atoms with Crippen LogP contribution in [0.1, 0.15) is 29.3 Å². The molecule has 0 radical (unpaired) electrons. The zero-order chi connectivity index (χ0) is 13.7. The van der Waals surface area contributed by atoms with Gasteiger partial charge < -0.3 is 5.11 Å². The van der Waals surface area contributed by atoms with Crippen LogP contribution in [0.25, 0.3) is 6.08 Å². The van der Waals surface area contributed by atoms with Crippen molar-refractivity contribution < 1.29 is 19.6 Å². The monoisotopic (exact) mass is 249 g/mol. The molecule has 1 aromatic rings. The fourth-order valence-corrected chi connectivity index (χ4v) is 1.35. The zero-order valence-corrected chi connectivity index (χ0v) is 9.62. The highest BCUT2D eigenvalue weighted by atomic mass is 16.6. The Morgan fingerprint density at radius 3 is 2.61 bits per heavy atom. The third kappa shape index (κ3) is 3.51. The molecule has 0 bridgehead atoms. The van der Waals surface area contributed by atoms with Gasteiger partial charge in [0.2, 0.25) is 0 Å². The van der Waals surface area contributed by atoms with Crippen molar-refractivity contribution in [2.75, 3.05) is 0 Å². The third-order valence-electron chi connectivity index (χ3n) is 2.22. The predicted molar refractivity (Wildman–Crippen MR) is 64.4 cm³/mol. The minimum Gasteiger partial charge on any atom is -0.481 e. The maximum absolute atomic E-state index is 11.1. The molecule has 0 saturated carbocycles. The van der Waals surface area contributed by atoms with Gasteiger partial charge in [0.15, 0.2) is 5.78 Å². The number of hydrogen-bond acceptors (Lipinski definition) is 4. The molecule has 1 N–H and O–H groups in total. The Balaban J connectivity index is 3.12. The lowest BCUT2D eigenvalue weighted by atomic mass is 10.1. The summed E-state index contributed by atoms with van der Waals surface area (Å²) in [6.07, 6.45) is 2.46. The average Bonchev–Trinajstić information content (AvgIpc) is 2.28. The molecule has 0 aromatic heterocycles. The minimum absolute atomic E-state index is 0.217. The Bertz CT molecular complexity index is 533. The first-order valence-electron chi connectivity index (χ1n) is 5.09. The number of nitrogens with zero attached hydrogens (tertiary/aromatic N) is 1. The van der Waals surface area contributed by atoms with Crippen LogP contribution in [0.3, 0.4) is 0 Å². The second kappa shape index (κ2) is 5.72. The molecule has 0 aliphatic rings. The van der Waals surface area contributed by atoms with Crippen molar-refractivity contribution >= 4 is 23.5 Å². The van der Waals surface area contributed by atoms with E-state index in [2.05, 4.69) is 0 Å². The topological polar surface area (TPSA) is 97.5 Å². The quantitative estimate of drug-likeness (QED) is 0.490. The number of aliphatic carboxylic acids is 1. The first-order valence-corrected chi connectivity index (χ1v) is 5.09. The molecule has 1 rings (SSSR count). The highest BCUT2D eigenvalue weighted by Gasteiger charge is 2.14. The van der Waals surface area contributed by atoms with E-state index in [0.29, 0.717) is 0 Å². The van der Waals surface area contributed by atoms with Crippen LogP contribution in [-0.4, -0.2) is 21.8 Å². The van der Waals surface area contributed by atoms with Crippen molar-refractivity contribution in [2.45, 2.75) is 13.3 Å². The number of rotatable bonds is 5. The highest BCUT2D eigenvalue weighted by molar-refractivity contribution is 5.95. The normalized spacial score (nSPS) is 10.5. The Hall–Kier alpha value is -2.50. The van der Waals surface area contributed by atoms with Gasteiger partial charge in [-0.2, -0.15) is 0 Å². The second-order valence-electron chi connectivity index (χ2n) is 3.59. The van der Waals surface area contributed by atoms with Gasteiger partial charge in [-0.25, -0.2) is 0 Å². The third-order valence-corrected chi connectivity index (χ3v) is 2.22. The molecule has 1 aromatic carbocycles. The van der Waals surface area contributed by atoms with Crippen LogP contribution in [0, 0.1) is 10.1 Å². The van der Waals surface area contributed by atoms with E-state index in [1.165, 1.54) is 37.3 Å². The SMILES string of the molecule is CC(=O)c1ccc(C=CCC(=O)O)c([N+](=O)[O-])c1. The summed E-state index contributed by atoms with van der Waals surface area (Å²) in [5.74, 6) is -1.28. The summed E-state index contributed by atoms with van der Waals surface area (Å²) in [6, 6.07) is 4.08. The minimum atomic E-state index is -1.02. The number of carbonyl (C=O) groups excluding carboxylic acids is 1. The first-order chi connectivity index (χ1) is 8.41. The summed E-state index contributed by atoms with van der Waals surface area (Å²) < 4.78 is 0. The van der Waals surface area contributed by atoms with E-state index < -0.39 is 10.9 Å². The van der Waals surface area contributed by atoms with Crippen molar-refractivity contribution in [3.05, 3.63) is 45.5 Å². The van der Waals surface area contributed by atoms with E-state index in [9.17, 15) is 19.7 Å². The van der Waals surface area contributed by atoms with Crippen molar-refractivity contribution in [1.29, 1.82) is 0 Å². The van der Waals surface area contributed by atoms with Crippen LogP contribution in [0.5, 0.6) is 0 Å². The van der Waals surface area contributed by atoms with Gasteiger partial charge in [0.1, 0.15) is 0 Å². The van der Waals surface area contributed by atoms with E-state index in [1.54, 1.807) is 0 Å². The van der Waals surface area contributed by atoms with Crippen LogP contribution in [0.15, 0.2) is 24.3 Å². The van der Waals surface area contributed by atoms with Gasteiger partial charge in [0.25, 0.3) is 5.69 Å². The number of carboxylic acid groups (broad SMARTS) is 1. The van der Waals surface area contributed by atoms with E-state index in [0.717, 1.165) is 0 Å². The van der Waals surface area contributed by atoms with Crippen LogP contribution >= 0.6 is 0 Å². The Morgan fingerprint density at radius 2 is 2.11 bits per heavy atom. The molecular weight excluding hydrogens is 238 g/mol. The smallest absolute Gasteiger partial charge is 0.307 e. The van der Waals surface area contributed by atoms with E-state index in [1.807, 2.05) is 0 Å². The van der Waals surface area contributed by atoms with Crippen molar-refractivity contribution in [3.8, 4) is 0 Å². The summed E-state index contributed by atoms with van der Waals surface area (Å²) in [6.45, 7) is 1.32. The van der Waals surface area contributed by atoms with Crippen molar-refractivity contribution in [1.82, 2.24) is 0 Å². The van der Waals surface area contributed by atoms with Crippen molar-refractivity contribution in [2.24, 2.45) is 0 Å². The number of hydrogen-bond donors (Lipinski definition) is 1. The number of carboxylic acids is 1. The largest absolute Gasteiger partial charge is 0.481 e. The van der Waals surface area contributed by atoms with Gasteiger partial charge in [-0.15, -0.1) is 0 Å². The maximum atomic E-state index is 11.1. The number of Topliss-reactive ketones (excluding diaryl/α,β-unsaturated/α-hetero) is 1. The molecule has 0 heterocycles. The van der Waals surface area contributed by atoms with Gasteiger partial charge in [0.05, 0.1) is 16.9 Å². The number of nitro benzene ring substituents is 1. The highest BCUT2D eigenvalue weighted by Crippen LogP contribution is 2.22. The fourth-order valence-electron chi connectivity index (χ4n) is 1.35. The lowest BCUT2D eigenvalue weighted by Gasteiger charge is -2.00. The van der Waals surface area contributed by atoms with Gasteiger partial charge in [-0.3, -0.25) is 19.7 Å². The van der Waals surface area contributed by atoms with Gasteiger partial charge >= 0.3 is 5.97 Å². The number of ketones is 1. The molecule has 0 aliphatic heterocycles. The molecule has 0 amide bonds. The first kappa shape index (κ1) is 13.6. The summed E-state index contributed by atoms with van der Waals surface area (Å²) in [5.41, 5.74) is 0.299. The maximum Gasteiger partial charge on any atom is 0.307 e. The molecule has 0 unspecified atom stereocenters. The standard InChI is InChI=1S/C12H11NO5/c1-8(14)10-6-5-9(3-2-4-12(15)16)11(7-10)13(17)18/h2-3,5-7H,4H2,1H3,(H,15,16). The molecule has 0 spiro atoms. The van der Waals surface area contributed by atoms with Gasteiger partial charge in [-0.05, 0) is 13.0 Å². The lowest BCUT2D eigenvalue weighted by molar-refractivity contribution is -0.385. The molecule has 0 atom stereocenters. The average molecular weight is 249 g/mol. The fraction of sp³-hybridized carbons (Fsp3) is 0.167. The number of carbonyl (C=O) groups is 2. The zero-order valence-electron chi connectivity index (χ0n) is 9.62. The molecule has 6 heteroatoms. The Morgan fingerprint density at radius 1 is 1.44 bits per heavy atom. The molecule has 0 saturated heterocycles. The lowest BCUT2D eigenvalue weighted by Crippen LogP contribution is -1.97. The second-order valence-corrected chi connectivity index (χ2v) is 3.59. The number of nitro groups is 1. The summed E-state index contributed by atoms with van der Waals surface area (Å²) in [4.78, 5) is 31.7. The summed E-state index contributed by atoms with van der Waals surface area (Å²) in [5, 5.41) is 19.3. The van der Waals surface area contributed by atoms with Crippen LogP contribution in [-0.2, 0) is 4.79 Å². The van der Waals surface area contributed by atoms with E-state index in [-0.39, 0.29) is 29.0 Å². The van der Waals surface area contributed by atoms with Gasteiger partial charge in [-0.1, -0.05) is 18.2 Å². The molecule has 18 heavy (non-hydrogen) atoms. The Labute approximate surface area is 103 Å². The molecule has 0 fully saturated rings. The Kier molecular flexibility index (Phi) is 4.31. The van der Waals surface area contributed by atoms with E-state index >= 15 is 0 Å².